The van der Waals surface area contributed by atoms with Gasteiger partial charge in [-0.25, -0.2) is 9.97 Å². The molecule has 0 spiro atoms. The van der Waals surface area contributed by atoms with Crippen molar-refractivity contribution in [3.05, 3.63) is 18.2 Å². The predicted molar refractivity (Wildman–Crippen MR) is 58.1 cm³/mol. The van der Waals surface area contributed by atoms with Crippen molar-refractivity contribution in [2.45, 2.75) is 32.7 Å². The van der Waals surface area contributed by atoms with Crippen molar-refractivity contribution in [3.63, 3.8) is 0 Å². The zero-order chi connectivity index (χ0) is 10.6. The molecule has 0 aliphatic heterocycles. The highest BCUT2D eigenvalue weighted by molar-refractivity contribution is 5.37. The van der Waals surface area contributed by atoms with Crippen LogP contribution in [-0.4, -0.2) is 22.1 Å². The first-order valence-corrected chi connectivity index (χ1v) is 4.79. The van der Waals surface area contributed by atoms with Crippen molar-refractivity contribution >= 4 is 5.69 Å². The summed E-state index contributed by atoms with van der Waals surface area (Å²) in [5, 5.41) is 3.22. The van der Waals surface area contributed by atoms with Gasteiger partial charge in [0.2, 0.25) is 0 Å². The van der Waals surface area contributed by atoms with Crippen molar-refractivity contribution in [1.82, 2.24) is 9.97 Å². The maximum absolute atomic E-state index is 5.85. The molecule has 0 radical (unpaired) electrons. The Labute approximate surface area is 85.0 Å². The van der Waals surface area contributed by atoms with E-state index in [0.717, 1.165) is 24.5 Å². The zero-order valence-corrected chi connectivity index (χ0v) is 9.04. The minimum absolute atomic E-state index is 0.126. The number of nitrogens with zero attached hydrogens (tertiary/aromatic N) is 2. The quantitative estimate of drug-likeness (QED) is 0.759. The van der Waals surface area contributed by atoms with Crippen molar-refractivity contribution in [1.29, 1.82) is 0 Å². The lowest BCUT2D eigenvalue weighted by Gasteiger charge is -2.18. The third kappa shape index (κ3) is 4.18. The highest BCUT2D eigenvalue weighted by Gasteiger charge is 2.09. The van der Waals surface area contributed by atoms with Gasteiger partial charge in [-0.05, 0) is 27.2 Å². The van der Waals surface area contributed by atoms with Gasteiger partial charge in [-0.2, -0.15) is 0 Å². The summed E-state index contributed by atoms with van der Waals surface area (Å²) in [6.45, 7) is 6.74. The molecule has 1 heterocycles. The van der Waals surface area contributed by atoms with Crippen molar-refractivity contribution in [2.24, 2.45) is 5.73 Å². The minimum atomic E-state index is -0.126. The Bertz CT molecular complexity index is 273. The lowest BCUT2D eigenvalue weighted by atomic mass is 10.0. The van der Waals surface area contributed by atoms with Gasteiger partial charge in [0.1, 0.15) is 5.82 Å². The summed E-state index contributed by atoms with van der Waals surface area (Å²) in [5.74, 6) is 0.787. The largest absolute Gasteiger partial charge is 0.382 e. The van der Waals surface area contributed by atoms with Crippen LogP contribution in [0.3, 0.4) is 0 Å². The highest BCUT2D eigenvalue weighted by Crippen LogP contribution is 2.06. The fourth-order valence-electron chi connectivity index (χ4n) is 1.01. The van der Waals surface area contributed by atoms with Crippen molar-refractivity contribution in [3.8, 4) is 0 Å². The summed E-state index contributed by atoms with van der Waals surface area (Å²) in [5.41, 5.74) is 6.67. The molecule has 0 bridgehead atoms. The van der Waals surface area contributed by atoms with Gasteiger partial charge in [-0.15, -0.1) is 0 Å². The van der Waals surface area contributed by atoms with Gasteiger partial charge in [0.05, 0.1) is 18.1 Å². The van der Waals surface area contributed by atoms with E-state index in [9.17, 15) is 0 Å². The average Bonchev–Trinajstić information content (AvgIpc) is 2.06. The molecule has 78 valence electrons. The summed E-state index contributed by atoms with van der Waals surface area (Å²) < 4.78 is 0. The highest BCUT2D eigenvalue weighted by atomic mass is 14.9. The molecule has 3 N–H and O–H groups in total. The van der Waals surface area contributed by atoms with Gasteiger partial charge >= 0.3 is 0 Å². The van der Waals surface area contributed by atoms with Gasteiger partial charge in [0, 0.05) is 12.1 Å². The van der Waals surface area contributed by atoms with Gasteiger partial charge in [-0.1, -0.05) is 0 Å². The molecule has 0 amide bonds. The Morgan fingerprint density at radius 2 is 1.93 bits per heavy atom. The van der Waals surface area contributed by atoms with E-state index in [2.05, 4.69) is 15.3 Å². The van der Waals surface area contributed by atoms with Crippen LogP contribution in [0.25, 0.3) is 0 Å². The number of anilines is 1. The predicted octanol–water partition coefficient (Wildman–Crippen LogP) is 1.32. The van der Waals surface area contributed by atoms with Crippen LogP contribution in [-0.2, 0) is 0 Å². The average molecular weight is 194 g/mol. The first kappa shape index (κ1) is 10.9. The lowest BCUT2D eigenvalue weighted by Crippen LogP contribution is -2.34. The van der Waals surface area contributed by atoms with E-state index < -0.39 is 0 Å². The molecule has 4 nitrogen and oxygen atoms in total. The second kappa shape index (κ2) is 4.37. The molecular formula is C10H18N4. The summed E-state index contributed by atoms with van der Waals surface area (Å²) in [6, 6.07) is 0. The molecule has 1 rings (SSSR count). The molecule has 1 aromatic heterocycles. The molecular weight excluding hydrogens is 176 g/mol. The topological polar surface area (TPSA) is 63.8 Å². The van der Waals surface area contributed by atoms with Crippen LogP contribution in [0.15, 0.2) is 12.4 Å². The smallest absolute Gasteiger partial charge is 0.125 e. The molecule has 0 aliphatic rings. The van der Waals surface area contributed by atoms with Gasteiger partial charge in [0.15, 0.2) is 0 Å². The van der Waals surface area contributed by atoms with Gasteiger partial charge < -0.3 is 11.1 Å². The van der Waals surface area contributed by atoms with Gasteiger partial charge in [0.25, 0.3) is 0 Å². The van der Waals surface area contributed by atoms with Crippen LogP contribution in [0, 0.1) is 6.92 Å². The Kier molecular flexibility index (Phi) is 3.41. The first-order chi connectivity index (χ1) is 6.47. The molecule has 0 unspecified atom stereocenters. The van der Waals surface area contributed by atoms with Crippen molar-refractivity contribution < 1.29 is 0 Å². The second-order valence-corrected chi connectivity index (χ2v) is 4.18. The Morgan fingerprint density at radius 3 is 2.43 bits per heavy atom. The Morgan fingerprint density at radius 1 is 1.36 bits per heavy atom. The number of nitrogens with two attached hydrogens (primary N) is 1. The van der Waals surface area contributed by atoms with E-state index in [1.54, 1.807) is 12.4 Å². The maximum Gasteiger partial charge on any atom is 0.125 e. The van der Waals surface area contributed by atoms with Crippen molar-refractivity contribution in [2.75, 3.05) is 11.9 Å². The SMILES string of the molecule is Cc1ncc(NCCC(C)(C)N)cn1. The second-order valence-electron chi connectivity index (χ2n) is 4.18. The summed E-state index contributed by atoms with van der Waals surface area (Å²) in [4.78, 5) is 8.18. The summed E-state index contributed by atoms with van der Waals surface area (Å²) in [6.07, 6.45) is 4.48. The third-order valence-corrected chi connectivity index (χ3v) is 1.88. The number of rotatable bonds is 4. The number of aryl methyl sites for hydroxylation is 1. The van der Waals surface area contributed by atoms with Crippen LogP contribution >= 0.6 is 0 Å². The fourth-order valence-corrected chi connectivity index (χ4v) is 1.01. The van der Waals surface area contributed by atoms with Crippen LogP contribution in [0.2, 0.25) is 0 Å². The van der Waals surface area contributed by atoms with Crippen LogP contribution in [0.5, 0.6) is 0 Å². The van der Waals surface area contributed by atoms with E-state index in [-0.39, 0.29) is 5.54 Å². The molecule has 0 aromatic carbocycles. The molecule has 1 aromatic rings. The molecule has 0 aliphatic carbocycles. The van der Waals surface area contributed by atoms with Gasteiger partial charge in [-0.3, -0.25) is 0 Å². The first-order valence-electron chi connectivity index (χ1n) is 4.79. The van der Waals surface area contributed by atoms with Crippen LogP contribution in [0.1, 0.15) is 26.1 Å². The molecule has 0 atom stereocenters. The summed E-state index contributed by atoms with van der Waals surface area (Å²) in [7, 11) is 0. The van der Waals surface area contributed by atoms with E-state index in [1.165, 1.54) is 0 Å². The molecule has 0 fully saturated rings. The maximum atomic E-state index is 5.85. The Balaban J connectivity index is 2.35. The minimum Gasteiger partial charge on any atom is -0.382 e. The number of aromatic nitrogens is 2. The zero-order valence-electron chi connectivity index (χ0n) is 9.04. The number of nitrogens with one attached hydrogen (secondary N) is 1. The summed E-state index contributed by atoms with van der Waals surface area (Å²) >= 11 is 0. The lowest BCUT2D eigenvalue weighted by molar-refractivity contribution is 0.490. The normalized spacial score (nSPS) is 11.4. The number of hydrogen-bond acceptors (Lipinski definition) is 4. The Hall–Kier alpha value is -1.16. The van der Waals surface area contributed by atoms with E-state index in [4.69, 9.17) is 5.73 Å². The fraction of sp³-hybridized carbons (Fsp3) is 0.600. The van der Waals surface area contributed by atoms with E-state index in [1.807, 2.05) is 20.8 Å². The molecule has 0 saturated heterocycles. The molecule has 4 heteroatoms. The monoisotopic (exact) mass is 194 g/mol. The molecule has 0 saturated carbocycles. The standard InChI is InChI=1S/C10H18N4/c1-8-13-6-9(7-14-8)12-5-4-10(2,3)11/h6-7,12H,4-5,11H2,1-3H3. The number of hydrogen-bond donors (Lipinski definition) is 2. The van der Waals surface area contributed by atoms with E-state index in [0.29, 0.717) is 0 Å². The molecule has 14 heavy (non-hydrogen) atoms. The van der Waals surface area contributed by atoms with Crippen LogP contribution in [0.4, 0.5) is 5.69 Å². The third-order valence-electron chi connectivity index (χ3n) is 1.88. The van der Waals surface area contributed by atoms with Crippen LogP contribution < -0.4 is 11.1 Å². The van der Waals surface area contributed by atoms with E-state index >= 15 is 0 Å².